The number of amides is 2. The topological polar surface area (TPSA) is 84.0 Å². The summed E-state index contributed by atoms with van der Waals surface area (Å²) >= 11 is 2.77. The van der Waals surface area contributed by atoms with Crippen molar-refractivity contribution in [3.8, 4) is 0 Å². The van der Waals surface area contributed by atoms with Crippen LogP contribution in [0, 0.1) is 6.92 Å². The van der Waals surface area contributed by atoms with E-state index in [0.29, 0.717) is 5.56 Å². The fourth-order valence-corrected chi connectivity index (χ4v) is 4.29. The van der Waals surface area contributed by atoms with E-state index < -0.39 is 0 Å². The number of benzene rings is 1. The molecule has 2 amide bonds. The van der Waals surface area contributed by atoms with Crippen molar-refractivity contribution in [2.24, 2.45) is 0 Å². The fourth-order valence-electron chi connectivity index (χ4n) is 3.00. The molecule has 1 saturated carbocycles. The Morgan fingerprint density at radius 3 is 2.77 bits per heavy atom. The zero-order chi connectivity index (χ0) is 18.4. The predicted molar refractivity (Wildman–Crippen MR) is 105 cm³/mol. The van der Waals surface area contributed by atoms with Crippen molar-refractivity contribution in [2.75, 3.05) is 11.1 Å². The summed E-state index contributed by atoms with van der Waals surface area (Å²) in [7, 11) is 0. The minimum atomic E-state index is -0.104. The molecule has 1 fully saturated rings. The normalized spacial score (nSPS) is 14.8. The highest BCUT2D eigenvalue weighted by molar-refractivity contribution is 8.01. The van der Waals surface area contributed by atoms with Crippen LogP contribution in [0.1, 0.15) is 48.0 Å². The van der Waals surface area contributed by atoms with Gasteiger partial charge in [-0.15, -0.1) is 10.2 Å². The van der Waals surface area contributed by atoms with E-state index >= 15 is 0 Å². The number of hydrogen-bond donors (Lipinski definition) is 2. The van der Waals surface area contributed by atoms with Crippen LogP contribution in [-0.2, 0) is 4.79 Å². The Morgan fingerprint density at radius 1 is 1.27 bits per heavy atom. The number of nitrogens with one attached hydrogen (secondary N) is 2. The maximum Gasteiger partial charge on any atom is 0.251 e. The number of nitrogens with zero attached hydrogens (tertiary/aromatic N) is 2. The zero-order valence-electron chi connectivity index (χ0n) is 14.7. The first-order valence-corrected chi connectivity index (χ1v) is 10.6. The summed E-state index contributed by atoms with van der Waals surface area (Å²) in [5.41, 5.74) is 3.87. The molecule has 1 aromatic heterocycles. The summed E-state index contributed by atoms with van der Waals surface area (Å²) < 4.78 is 0.770. The molecule has 0 aliphatic heterocycles. The molecule has 0 saturated heterocycles. The highest BCUT2D eigenvalue weighted by Gasteiger charge is 2.17. The molecule has 6 nitrogen and oxygen atoms in total. The summed E-state index contributed by atoms with van der Waals surface area (Å²) in [5.74, 6) is 0.135. The third-order valence-corrected chi connectivity index (χ3v) is 6.23. The van der Waals surface area contributed by atoms with E-state index in [0.717, 1.165) is 28.4 Å². The van der Waals surface area contributed by atoms with E-state index in [4.69, 9.17) is 0 Å². The van der Waals surface area contributed by atoms with Gasteiger partial charge in [0.05, 0.1) is 5.75 Å². The van der Waals surface area contributed by atoms with Crippen LogP contribution < -0.4 is 10.6 Å². The number of aryl methyl sites for hydroxylation is 1. The maximum absolute atomic E-state index is 12.4. The van der Waals surface area contributed by atoms with Gasteiger partial charge in [-0.2, -0.15) is 0 Å². The zero-order valence-corrected chi connectivity index (χ0v) is 16.3. The Kier molecular flexibility index (Phi) is 6.62. The summed E-state index contributed by atoms with van der Waals surface area (Å²) in [6, 6.07) is 5.66. The van der Waals surface area contributed by atoms with Gasteiger partial charge >= 0.3 is 0 Å². The summed E-state index contributed by atoms with van der Waals surface area (Å²) in [4.78, 5) is 24.5. The Balaban J connectivity index is 1.54. The minimum absolute atomic E-state index is 0.0373. The molecule has 0 unspecified atom stereocenters. The largest absolute Gasteiger partial charge is 0.349 e. The molecular weight excluding hydrogens is 368 g/mol. The maximum atomic E-state index is 12.4. The number of thioether (sulfide) groups is 1. The van der Waals surface area contributed by atoms with E-state index in [-0.39, 0.29) is 23.6 Å². The second kappa shape index (κ2) is 9.14. The van der Waals surface area contributed by atoms with Gasteiger partial charge < -0.3 is 10.6 Å². The number of carbonyl (C=O) groups excluding carboxylic acids is 2. The number of aromatic nitrogens is 2. The molecule has 0 atom stereocenters. The van der Waals surface area contributed by atoms with Crippen LogP contribution in [0.3, 0.4) is 0 Å². The molecular formula is C18H22N4O2S2. The Morgan fingerprint density at radius 2 is 2.08 bits per heavy atom. The van der Waals surface area contributed by atoms with Crippen LogP contribution in [0.2, 0.25) is 0 Å². The van der Waals surface area contributed by atoms with Crippen LogP contribution in [0.15, 0.2) is 28.0 Å². The molecule has 1 aliphatic rings. The first-order chi connectivity index (χ1) is 12.6. The third-order valence-electron chi connectivity index (χ3n) is 4.37. The SMILES string of the molecule is Cc1cc(C(=O)NC2CCCCC2)ccc1NC(=O)CSc1nncs1. The van der Waals surface area contributed by atoms with Crippen LogP contribution in [0.5, 0.6) is 0 Å². The van der Waals surface area contributed by atoms with E-state index in [9.17, 15) is 9.59 Å². The average molecular weight is 391 g/mol. The molecule has 0 bridgehead atoms. The quantitative estimate of drug-likeness (QED) is 0.736. The monoisotopic (exact) mass is 390 g/mol. The molecule has 2 aromatic rings. The van der Waals surface area contributed by atoms with Gasteiger partial charge in [0.1, 0.15) is 5.51 Å². The number of carbonyl (C=O) groups is 2. The van der Waals surface area contributed by atoms with Crippen LogP contribution in [0.25, 0.3) is 0 Å². The van der Waals surface area contributed by atoms with Crippen molar-refractivity contribution in [1.29, 1.82) is 0 Å². The highest BCUT2D eigenvalue weighted by Crippen LogP contribution is 2.22. The minimum Gasteiger partial charge on any atom is -0.349 e. The van der Waals surface area contributed by atoms with Gasteiger partial charge in [0.15, 0.2) is 4.34 Å². The van der Waals surface area contributed by atoms with Gasteiger partial charge in [-0.1, -0.05) is 42.4 Å². The number of hydrogen-bond acceptors (Lipinski definition) is 6. The molecule has 1 aromatic carbocycles. The van der Waals surface area contributed by atoms with E-state index in [1.54, 1.807) is 17.6 Å². The lowest BCUT2D eigenvalue weighted by Gasteiger charge is -2.23. The molecule has 3 rings (SSSR count). The molecule has 2 N–H and O–H groups in total. The lowest BCUT2D eigenvalue weighted by molar-refractivity contribution is -0.113. The highest BCUT2D eigenvalue weighted by atomic mass is 32.2. The first-order valence-electron chi connectivity index (χ1n) is 8.72. The van der Waals surface area contributed by atoms with Crippen molar-refractivity contribution < 1.29 is 9.59 Å². The van der Waals surface area contributed by atoms with E-state index in [1.807, 2.05) is 13.0 Å². The van der Waals surface area contributed by atoms with E-state index in [1.165, 1.54) is 42.4 Å². The van der Waals surface area contributed by atoms with Crippen molar-refractivity contribution in [1.82, 2.24) is 15.5 Å². The Hall–Kier alpha value is -1.93. The molecule has 1 heterocycles. The smallest absolute Gasteiger partial charge is 0.251 e. The van der Waals surface area contributed by atoms with Crippen molar-refractivity contribution in [3.63, 3.8) is 0 Å². The standard InChI is InChI=1S/C18H22N4O2S2/c1-12-9-13(17(24)20-14-5-3-2-4-6-14)7-8-15(12)21-16(23)10-25-18-22-19-11-26-18/h7-9,11,14H,2-6,10H2,1H3,(H,20,24)(H,21,23). The number of anilines is 1. The second-order valence-electron chi connectivity index (χ2n) is 6.38. The summed E-state index contributed by atoms with van der Waals surface area (Å²) in [5, 5.41) is 13.6. The molecule has 1 aliphatic carbocycles. The average Bonchev–Trinajstić information content (AvgIpc) is 3.16. The Labute approximate surface area is 161 Å². The van der Waals surface area contributed by atoms with Crippen molar-refractivity contribution >= 4 is 40.6 Å². The lowest BCUT2D eigenvalue weighted by Crippen LogP contribution is -2.36. The van der Waals surface area contributed by atoms with Crippen LogP contribution in [-0.4, -0.2) is 33.8 Å². The molecule has 0 radical (unpaired) electrons. The Bertz CT molecular complexity index is 759. The summed E-state index contributed by atoms with van der Waals surface area (Å²) in [6.07, 6.45) is 5.75. The van der Waals surface area contributed by atoms with Gasteiger partial charge in [0.2, 0.25) is 5.91 Å². The number of rotatable bonds is 6. The molecule has 138 valence electrons. The fraction of sp³-hybridized carbons (Fsp3) is 0.444. The van der Waals surface area contributed by atoms with E-state index in [2.05, 4.69) is 20.8 Å². The lowest BCUT2D eigenvalue weighted by atomic mass is 9.95. The summed E-state index contributed by atoms with van der Waals surface area (Å²) in [6.45, 7) is 1.89. The van der Waals surface area contributed by atoms with Gasteiger partial charge in [-0.25, -0.2) is 0 Å². The van der Waals surface area contributed by atoms with Gasteiger partial charge in [0.25, 0.3) is 5.91 Å². The second-order valence-corrected chi connectivity index (χ2v) is 8.44. The predicted octanol–water partition coefficient (Wildman–Crippen LogP) is 3.64. The van der Waals surface area contributed by atoms with Crippen LogP contribution in [0.4, 0.5) is 5.69 Å². The van der Waals surface area contributed by atoms with Gasteiger partial charge in [0, 0.05) is 17.3 Å². The molecule has 0 spiro atoms. The molecule has 8 heteroatoms. The molecule has 26 heavy (non-hydrogen) atoms. The van der Waals surface area contributed by atoms with Gasteiger partial charge in [-0.3, -0.25) is 9.59 Å². The van der Waals surface area contributed by atoms with Gasteiger partial charge in [-0.05, 0) is 43.5 Å². The van der Waals surface area contributed by atoms with Crippen molar-refractivity contribution in [2.45, 2.75) is 49.4 Å². The third kappa shape index (κ3) is 5.28. The first kappa shape index (κ1) is 18.8. The van der Waals surface area contributed by atoms with Crippen LogP contribution >= 0.6 is 23.1 Å². The van der Waals surface area contributed by atoms with Crippen molar-refractivity contribution in [3.05, 3.63) is 34.8 Å².